The Hall–Kier alpha value is -1.42. The Morgan fingerprint density at radius 1 is 1.17 bits per heavy atom. The summed E-state index contributed by atoms with van der Waals surface area (Å²) in [6, 6.07) is 7.06. The molecule has 4 heteroatoms. The van der Waals surface area contributed by atoms with Gasteiger partial charge in [-0.25, -0.2) is 4.39 Å². The number of nitrogens with one attached hydrogen (secondary N) is 1. The van der Waals surface area contributed by atoms with Crippen molar-refractivity contribution in [1.82, 2.24) is 5.32 Å². The molecular formula is C19H30FNO2. The summed E-state index contributed by atoms with van der Waals surface area (Å²) in [5.41, 5.74) is 1.10. The van der Waals surface area contributed by atoms with E-state index in [0.29, 0.717) is 25.0 Å². The summed E-state index contributed by atoms with van der Waals surface area (Å²) < 4.78 is 17.8. The van der Waals surface area contributed by atoms with Crippen LogP contribution in [0.1, 0.15) is 58.4 Å². The molecule has 0 unspecified atom stereocenters. The molecule has 0 aliphatic rings. The maximum atomic E-state index is 12.9. The summed E-state index contributed by atoms with van der Waals surface area (Å²) in [4.78, 5) is 11.3. The van der Waals surface area contributed by atoms with Crippen molar-refractivity contribution in [3.05, 3.63) is 35.6 Å². The molecule has 0 amide bonds. The van der Waals surface area contributed by atoms with Gasteiger partial charge < -0.3 is 10.1 Å². The van der Waals surface area contributed by atoms with E-state index in [0.717, 1.165) is 37.8 Å². The number of carbonyl (C=O) groups is 1. The van der Waals surface area contributed by atoms with E-state index in [9.17, 15) is 9.18 Å². The zero-order valence-electron chi connectivity index (χ0n) is 14.6. The molecular weight excluding hydrogens is 293 g/mol. The second kappa shape index (κ2) is 11.2. The van der Waals surface area contributed by atoms with Crippen LogP contribution in [0.15, 0.2) is 24.3 Å². The lowest BCUT2D eigenvalue weighted by Crippen LogP contribution is -2.33. The standard InChI is InChI=1S/C19H30FNO2/c1-4-23-19(22)9-7-5-6-8-18(15(2)3)21-14-16-10-12-17(20)13-11-16/h10-13,15,18,21H,4-9,14H2,1-3H3/t18-/m0/s1. The molecule has 23 heavy (non-hydrogen) atoms. The van der Waals surface area contributed by atoms with Crippen LogP contribution in [0.4, 0.5) is 4.39 Å². The molecule has 0 fully saturated rings. The Labute approximate surface area is 139 Å². The molecule has 0 aliphatic carbocycles. The van der Waals surface area contributed by atoms with Gasteiger partial charge in [-0.1, -0.05) is 38.8 Å². The van der Waals surface area contributed by atoms with Gasteiger partial charge >= 0.3 is 5.97 Å². The zero-order chi connectivity index (χ0) is 17.1. The van der Waals surface area contributed by atoms with Crippen molar-refractivity contribution in [1.29, 1.82) is 0 Å². The van der Waals surface area contributed by atoms with E-state index in [1.54, 1.807) is 0 Å². The Bertz CT molecular complexity index is 445. The molecule has 0 saturated heterocycles. The molecule has 1 N–H and O–H groups in total. The fourth-order valence-electron chi connectivity index (χ4n) is 2.57. The molecule has 1 rings (SSSR count). The maximum absolute atomic E-state index is 12.9. The molecule has 130 valence electrons. The van der Waals surface area contributed by atoms with Crippen molar-refractivity contribution in [2.75, 3.05) is 6.61 Å². The van der Waals surface area contributed by atoms with Crippen molar-refractivity contribution >= 4 is 5.97 Å². The number of carbonyl (C=O) groups excluding carboxylic acids is 1. The zero-order valence-corrected chi connectivity index (χ0v) is 14.6. The lowest BCUT2D eigenvalue weighted by molar-refractivity contribution is -0.143. The van der Waals surface area contributed by atoms with E-state index in [1.807, 2.05) is 19.1 Å². The highest BCUT2D eigenvalue weighted by molar-refractivity contribution is 5.69. The SMILES string of the molecule is CCOC(=O)CCCCC[C@H](NCc1ccc(F)cc1)C(C)C. The number of halogens is 1. The molecule has 1 aromatic carbocycles. The van der Waals surface area contributed by atoms with Crippen LogP contribution in [0.2, 0.25) is 0 Å². The number of unbranched alkanes of at least 4 members (excludes halogenated alkanes) is 2. The Balaban J connectivity index is 2.24. The molecule has 0 saturated carbocycles. The highest BCUT2D eigenvalue weighted by atomic mass is 19.1. The molecule has 1 atom stereocenters. The van der Waals surface area contributed by atoms with Gasteiger partial charge in [0.1, 0.15) is 5.82 Å². The van der Waals surface area contributed by atoms with Gasteiger partial charge in [0.15, 0.2) is 0 Å². The van der Waals surface area contributed by atoms with Crippen LogP contribution in [0, 0.1) is 11.7 Å². The van der Waals surface area contributed by atoms with Crippen LogP contribution in [0.5, 0.6) is 0 Å². The van der Waals surface area contributed by atoms with Crippen LogP contribution in [-0.2, 0) is 16.1 Å². The van der Waals surface area contributed by atoms with Gasteiger partial charge in [0.05, 0.1) is 6.61 Å². The number of esters is 1. The number of hydrogen-bond donors (Lipinski definition) is 1. The van der Waals surface area contributed by atoms with E-state index in [-0.39, 0.29) is 11.8 Å². The Morgan fingerprint density at radius 2 is 1.87 bits per heavy atom. The van der Waals surface area contributed by atoms with Crippen molar-refractivity contribution in [3.63, 3.8) is 0 Å². The van der Waals surface area contributed by atoms with E-state index in [2.05, 4.69) is 19.2 Å². The molecule has 0 spiro atoms. The average Bonchev–Trinajstić information content (AvgIpc) is 2.51. The second-order valence-electron chi connectivity index (χ2n) is 6.26. The summed E-state index contributed by atoms with van der Waals surface area (Å²) in [6.45, 7) is 7.47. The summed E-state index contributed by atoms with van der Waals surface area (Å²) in [5, 5.41) is 3.56. The number of ether oxygens (including phenoxy) is 1. The Kier molecular flexibility index (Phi) is 9.53. The lowest BCUT2D eigenvalue weighted by Gasteiger charge is -2.22. The van der Waals surface area contributed by atoms with Gasteiger partial charge in [-0.3, -0.25) is 4.79 Å². The van der Waals surface area contributed by atoms with Crippen molar-refractivity contribution in [3.8, 4) is 0 Å². The van der Waals surface area contributed by atoms with Gasteiger partial charge in [0.2, 0.25) is 0 Å². The van der Waals surface area contributed by atoms with Crippen LogP contribution in [-0.4, -0.2) is 18.6 Å². The molecule has 0 heterocycles. The highest BCUT2D eigenvalue weighted by Crippen LogP contribution is 2.13. The first-order chi connectivity index (χ1) is 11.0. The lowest BCUT2D eigenvalue weighted by atomic mass is 9.97. The van der Waals surface area contributed by atoms with Gasteiger partial charge in [-0.2, -0.15) is 0 Å². The minimum absolute atomic E-state index is 0.0951. The molecule has 3 nitrogen and oxygen atoms in total. The van der Waals surface area contributed by atoms with Crippen LogP contribution in [0.25, 0.3) is 0 Å². The smallest absolute Gasteiger partial charge is 0.305 e. The van der Waals surface area contributed by atoms with E-state index < -0.39 is 0 Å². The molecule has 0 radical (unpaired) electrons. The van der Waals surface area contributed by atoms with Gasteiger partial charge in [-0.15, -0.1) is 0 Å². The molecule has 0 aliphatic heterocycles. The second-order valence-corrected chi connectivity index (χ2v) is 6.26. The largest absolute Gasteiger partial charge is 0.466 e. The molecule has 1 aromatic rings. The third kappa shape index (κ3) is 8.70. The van der Waals surface area contributed by atoms with Gasteiger partial charge in [-0.05, 0) is 43.4 Å². The van der Waals surface area contributed by atoms with Crippen molar-refractivity contribution in [2.24, 2.45) is 5.92 Å². The van der Waals surface area contributed by atoms with Gasteiger partial charge in [0.25, 0.3) is 0 Å². The first-order valence-electron chi connectivity index (χ1n) is 8.66. The monoisotopic (exact) mass is 323 g/mol. The molecule has 0 aromatic heterocycles. The highest BCUT2D eigenvalue weighted by Gasteiger charge is 2.12. The van der Waals surface area contributed by atoms with E-state index in [4.69, 9.17) is 4.74 Å². The van der Waals surface area contributed by atoms with Crippen LogP contribution in [0.3, 0.4) is 0 Å². The third-order valence-electron chi connectivity index (χ3n) is 3.99. The Morgan fingerprint density at radius 3 is 2.48 bits per heavy atom. The summed E-state index contributed by atoms with van der Waals surface area (Å²) in [7, 11) is 0. The number of rotatable bonds is 11. The average molecular weight is 323 g/mol. The van der Waals surface area contributed by atoms with Crippen molar-refractivity contribution in [2.45, 2.75) is 65.5 Å². The van der Waals surface area contributed by atoms with E-state index >= 15 is 0 Å². The van der Waals surface area contributed by atoms with Gasteiger partial charge in [0, 0.05) is 19.0 Å². The predicted molar refractivity (Wildman–Crippen MR) is 91.6 cm³/mol. The minimum Gasteiger partial charge on any atom is -0.466 e. The maximum Gasteiger partial charge on any atom is 0.305 e. The minimum atomic E-state index is -0.198. The fraction of sp³-hybridized carbons (Fsp3) is 0.632. The van der Waals surface area contributed by atoms with Crippen LogP contribution < -0.4 is 5.32 Å². The van der Waals surface area contributed by atoms with Crippen LogP contribution >= 0.6 is 0 Å². The fourth-order valence-corrected chi connectivity index (χ4v) is 2.57. The van der Waals surface area contributed by atoms with E-state index in [1.165, 1.54) is 12.1 Å². The first kappa shape index (κ1) is 19.6. The summed E-state index contributed by atoms with van der Waals surface area (Å²) >= 11 is 0. The topological polar surface area (TPSA) is 38.3 Å². The normalized spacial score (nSPS) is 12.4. The summed E-state index contributed by atoms with van der Waals surface area (Å²) in [5.74, 6) is 0.249. The quantitative estimate of drug-likeness (QED) is 0.483. The first-order valence-corrected chi connectivity index (χ1v) is 8.66. The predicted octanol–water partition coefficient (Wildman–Crippen LogP) is 4.45. The van der Waals surface area contributed by atoms with Crippen molar-refractivity contribution < 1.29 is 13.9 Å². The summed E-state index contributed by atoms with van der Waals surface area (Å²) in [6.07, 6.45) is 4.63. The third-order valence-corrected chi connectivity index (χ3v) is 3.99. The molecule has 0 bridgehead atoms. The number of benzene rings is 1. The number of hydrogen-bond acceptors (Lipinski definition) is 3.